The Hall–Kier alpha value is -1.83. The highest BCUT2D eigenvalue weighted by Crippen LogP contribution is 2.42. The third-order valence-electron chi connectivity index (χ3n) is 7.13. The van der Waals surface area contributed by atoms with Gasteiger partial charge >= 0.3 is 0 Å². The predicted octanol–water partition coefficient (Wildman–Crippen LogP) is 3.59. The Bertz CT molecular complexity index is 992. The van der Waals surface area contributed by atoms with Crippen LogP contribution in [-0.2, 0) is 11.2 Å². The van der Waals surface area contributed by atoms with E-state index in [1.807, 2.05) is 12.1 Å². The van der Waals surface area contributed by atoms with Crippen LogP contribution in [0, 0.1) is 0 Å². The molecule has 2 aromatic rings. The normalized spacial score (nSPS) is 31.1. The molecule has 0 amide bonds. The van der Waals surface area contributed by atoms with Crippen molar-refractivity contribution in [1.82, 2.24) is 0 Å². The molecule has 0 bridgehead atoms. The molecule has 5 atom stereocenters. The van der Waals surface area contributed by atoms with Gasteiger partial charge in [-0.3, -0.25) is 0 Å². The highest BCUT2D eigenvalue weighted by molar-refractivity contribution is 6.31. The number of hydrogen-bond acceptors (Lipinski definition) is 6. The van der Waals surface area contributed by atoms with Gasteiger partial charge < -0.3 is 30.1 Å². The average molecular weight is 460 g/mol. The average Bonchev–Trinajstić information content (AvgIpc) is 3.24. The van der Waals surface area contributed by atoms with Crippen LogP contribution in [-0.4, -0.2) is 51.9 Å². The fourth-order valence-corrected chi connectivity index (χ4v) is 5.38. The van der Waals surface area contributed by atoms with Crippen molar-refractivity contribution in [2.24, 2.45) is 0 Å². The maximum Gasteiger partial charge on any atom is 0.143 e. The van der Waals surface area contributed by atoms with Crippen LogP contribution in [0.2, 0.25) is 5.02 Å². The van der Waals surface area contributed by atoms with Crippen molar-refractivity contribution in [2.75, 3.05) is 11.9 Å². The lowest BCUT2D eigenvalue weighted by Gasteiger charge is -2.39. The zero-order chi connectivity index (χ0) is 22.5. The van der Waals surface area contributed by atoms with Crippen molar-refractivity contribution < 1.29 is 24.8 Å². The van der Waals surface area contributed by atoms with Gasteiger partial charge in [0.05, 0.1) is 18.3 Å². The highest BCUT2D eigenvalue weighted by Gasteiger charge is 2.42. The maximum atomic E-state index is 10.5. The predicted molar refractivity (Wildman–Crippen MR) is 122 cm³/mol. The Morgan fingerprint density at radius 2 is 1.81 bits per heavy atom. The SMILES string of the molecule is C[C@H]1O[C@@H](c2ccc(Cl)c(Cc3ccc4c(c3)NCC3(CCCC3)O4)c2)[C@H](O)[C@@H](O)[C@@H]1O. The van der Waals surface area contributed by atoms with Crippen molar-refractivity contribution in [3.63, 3.8) is 0 Å². The van der Waals surface area contributed by atoms with E-state index in [9.17, 15) is 15.3 Å². The molecular formula is C25H30ClNO5. The van der Waals surface area contributed by atoms with Gasteiger partial charge in [-0.1, -0.05) is 29.8 Å². The second-order valence-electron chi connectivity index (χ2n) is 9.44. The number of aliphatic hydroxyl groups excluding tert-OH is 3. The number of halogens is 1. The van der Waals surface area contributed by atoms with Crippen LogP contribution < -0.4 is 10.1 Å². The largest absolute Gasteiger partial charge is 0.483 e. The summed E-state index contributed by atoms with van der Waals surface area (Å²) in [4.78, 5) is 0. The molecule has 6 nitrogen and oxygen atoms in total. The first-order valence-corrected chi connectivity index (χ1v) is 11.8. The van der Waals surface area contributed by atoms with E-state index in [0.29, 0.717) is 11.4 Å². The monoisotopic (exact) mass is 459 g/mol. The van der Waals surface area contributed by atoms with Crippen LogP contribution in [0.3, 0.4) is 0 Å². The highest BCUT2D eigenvalue weighted by atomic mass is 35.5. The molecule has 0 aromatic heterocycles. The van der Waals surface area contributed by atoms with E-state index in [0.717, 1.165) is 47.5 Å². The molecule has 4 N–H and O–H groups in total. The minimum atomic E-state index is -1.27. The van der Waals surface area contributed by atoms with Gasteiger partial charge in [0.2, 0.25) is 0 Å². The Labute approximate surface area is 193 Å². The van der Waals surface area contributed by atoms with Crippen LogP contribution in [0.25, 0.3) is 0 Å². The molecule has 7 heteroatoms. The fraction of sp³-hybridized carbons (Fsp3) is 0.520. The number of benzene rings is 2. The molecule has 1 saturated heterocycles. The van der Waals surface area contributed by atoms with Gasteiger partial charge in [0, 0.05) is 5.02 Å². The summed E-state index contributed by atoms with van der Waals surface area (Å²) < 4.78 is 12.2. The van der Waals surface area contributed by atoms with E-state index >= 15 is 0 Å². The molecule has 0 unspecified atom stereocenters. The summed E-state index contributed by atoms with van der Waals surface area (Å²) in [5.74, 6) is 0.905. The first-order chi connectivity index (χ1) is 15.3. The van der Waals surface area contributed by atoms with Crippen LogP contribution in [0.4, 0.5) is 5.69 Å². The first kappa shape index (κ1) is 22.0. The lowest BCUT2D eigenvalue weighted by molar-refractivity contribution is -0.219. The van der Waals surface area contributed by atoms with Crippen LogP contribution in [0.1, 0.15) is 55.4 Å². The van der Waals surface area contributed by atoms with E-state index in [4.69, 9.17) is 21.1 Å². The fourth-order valence-electron chi connectivity index (χ4n) is 5.19. The molecule has 5 rings (SSSR count). The van der Waals surface area contributed by atoms with E-state index in [2.05, 4.69) is 17.4 Å². The molecule has 2 heterocycles. The second kappa shape index (κ2) is 8.50. The van der Waals surface area contributed by atoms with Gasteiger partial charge in [-0.2, -0.15) is 0 Å². The van der Waals surface area contributed by atoms with Gasteiger partial charge in [-0.15, -0.1) is 0 Å². The topological polar surface area (TPSA) is 91.2 Å². The molecular weight excluding hydrogens is 430 g/mol. The summed E-state index contributed by atoms with van der Waals surface area (Å²) >= 11 is 6.49. The van der Waals surface area contributed by atoms with Crippen LogP contribution in [0.5, 0.6) is 5.75 Å². The van der Waals surface area contributed by atoms with Crippen molar-refractivity contribution >= 4 is 17.3 Å². The second-order valence-corrected chi connectivity index (χ2v) is 9.84. The third kappa shape index (κ3) is 3.99. The van der Waals surface area contributed by atoms with Crippen LogP contribution in [0.15, 0.2) is 36.4 Å². The number of ether oxygens (including phenoxy) is 2. The molecule has 3 aliphatic rings. The van der Waals surface area contributed by atoms with Crippen molar-refractivity contribution in [2.45, 2.75) is 75.1 Å². The minimum absolute atomic E-state index is 0.0533. The Kier molecular flexibility index (Phi) is 5.84. The van der Waals surface area contributed by atoms with Crippen molar-refractivity contribution in [1.29, 1.82) is 0 Å². The van der Waals surface area contributed by atoms with Gasteiger partial charge in [-0.25, -0.2) is 0 Å². The first-order valence-electron chi connectivity index (χ1n) is 11.4. The van der Waals surface area contributed by atoms with Gasteiger partial charge in [0.1, 0.15) is 35.8 Å². The smallest absolute Gasteiger partial charge is 0.143 e. The van der Waals surface area contributed by atoms with E-state index in [1.54, 1.807) is 19.1 Å². The maximum absolute atomic E-state index is 10.5. The molecule has 0 radical (unpaired) electrons. The molecule has 1 saturated carbocycles. The zero-order valence-corrected chi connectivity index (χ0v) is 18.9. The molecule has 172 valence electrons. The van der Waals surface area contributed by atoms with Crippen LogP contribution >= 0.6 is 11.6 Å². The molecule has 2 aliphatic heterocycles. The lowest BCUT2D eigenvalue weighted by atomic mass is 9.90. The molecule has 1 aliphatic carbocycles. The Morgan fingerprint density at radius 1 is 1.03 bits per heavy atom. The number of aliphatic hydroxyl groups is 3. The van der Waals surface area contributed by atoms with Gasteiger partial charge in [0.15, 0.2) is 0 Å². The van der Waals surface area contributed by atoms with Gasteiger partial charge in [0.25, 0.3) is 0 Å². The summed E-state index contributed by atoms with van der Waals surface area (Å²) in [6.07, 6.45) is 0.314. The Morgan fingerprint density at radius 3 is 2.59 bits per heavy atom. The quantitative estimate of drug-likeness (QED) is 0.560. The summed E-state index contributed by atoms with van der Waals surface area (Å²) in [6.45, 7) is 2.52. The number of anilines is 1. The number of rotatable bonds is 3. The summed E-state index contributed by atoms with van der Waals surface area (Å²) in [7, 11) is 0. The van der Waals surface area contributed by atoms with E-state index < -0.39 is 30.5 Å². The van der Waals surface area contributed by atoms with Gasteiger partial charge in [-0.05, 0) is 73.9 Å². The molecule has 32 heavy (non-hydrogen) atoms. The molecule has 1 spiro atoms. The van der Waals surface area contributed by atoms with Crippen molar-refractivity contribution in [3.05, 3.63) is 58.1 Å². The summed E-state index contributed by atoms with van der Waals surface area (Å²) in [5, 5.41) is 34.8. The minimum Gasteiger partial charge on any atom is -0.483 e. The summed E-state index contributed by atoms with van der Waals surface area (Å²) in [6, 6.07) is 11.7. The summed E-state index contributed by atoms with van der Waals surface area (Å²) in [5.41, 5.74) is 3.66. The zero-order valence-electron chi connectivity index (χ0n) is 18.1. The molecule has 2 fully saturated rings. The van der Waals surface area contributed by atoms with E-state index in [1.165, 1.54) is 12.8 Å². The number of nitrogens with one attached hydrogen (secondary N) is 1. The van der Waals surface area contributed by atoms with Crippen molar-refractivity contribution in [3.8, 4) is 5.75 Å². The standard InChI is InChI=1S/C25H30ClNO5/c1-14-21(28)22(29)23(30)24(31-14)16-5-6-18(26)17(12-16)10-15-4-7-20-19(11-15)27-13-25(32-20)8-2-3-9-25/h4-7,11-12,14,21-24,27-30H,2-3,8-10,13H2,1H3/t14-,21-,22+,23-,24+/m1/s1. The third-order valence-corrected chi connectivity index (χ3v) is 7.50. The lowest BCUT2D eigenvalue weighted by Crippen LogP contribution is -2.53. The number of hydrogen-bond donors (Lipinski definition) is 4. The molecule has 2 aromatic carbocycles. The van der Waals surface area contributed by atoms with E-state index in [-0.39, 0.29) is 5.60 Å². The number of fused-ring (bicyclic) bond motifs is 1. The Balaban J connectivity index is 1.36.